The van der Waals surface area contributed by atoms with Gasteiger partial charge in [-0.05, 0) is 31.4 Å². The summed E-state index contributed by atoms with van der Waals surface area (Å²) in [6.07, 6.45) is 1.03. The van der Waals surface area contributed by atoms with E-state index in [0.717, 1.165) is 37.6 Å². The van der Waals surface area contributed by atoms with E-state index in [0.29, 0.717) is 23.0 Å². The van der Waals surface area contributed by atoms with E-state index in [4.69, 9.17) is 0 Å². The molecule has 0 aromatic carbocycles. The highest BCUT2D eigenvalue weighted by Gasteiger charge is 2.27. The van der Waals surface area contributed by atoms with Gasteiger partial charge in [0.25, 0.3) is 5.56 Å². The number of rotatable bonds is 4. The zero-order valence-electron chi connectivity index (χ0n) is 15.7. The first-order chi connectivity index (χ1) is 12.9. The number of nitrogens with zero attached hydrogens (tertiary/aromatic N) is 5. The number of imidazole rings is 1. The molecule has 0 amide bonds. The fourth-order valence-corrected chi connectivity index (χ4v) is 3.65. The second-order valence-electron chi connectivity index (χ2n) is 7.11. The lowest BCUT2D eigenvalue weighted by Crippen LogP contribution is -2.29. The molecule has 9 heteroatoms. The molecule has 1 atom stereocenters. The zero-order valence-corrected chi connectivity index (χ0v) is 15.7. The van der Waals surface area contributed by atoms with Crippen molar-refractivity contribution in [3.63, 3.8) is 0 Å². The Bertz CT molecular complexity index is 1110. The summed E-state index contributed by atoms with van der Waals surface area (Å²) in [5, 5.41) is 3.40. The molecule has 4 heterocycles. The number of anilines is 2. The van der Waals surface area contributed by atoms with Crippen molar-refractivity contribution >= 4 is 22.9 Å². The van der Waals surface area contributed by atoms with Gasteiger partial charge in [0.1, 0.15) is 5.82 Å². The van der Waals surface area contributed by atoms with Crippen LogP contribution in [-0.2, 0) is 14.1 Å². The molecule has 9 nitrogen and oxygen atoms in total. The maximum atomic E-state index is 12.2. The summed E-state index contributed by atoms with van der Waals surface area (Å²) < 4.78 is 3.14. The molecular weight excluding hydrogens is 346 g/mol. The number of H-pyrrole nitrogens is 1. The molecule has 0 saturated carbocycles. The third kappa shape index (κ3) is 3.09. The molecule has 1 unspecified atom stereocenters. The third-order valence-electron chi connectivity index (χ3n) is 5.14. The van der Waals surface area contributed by atoms with Gasteiger partial charge in [-0.25, -0.2) is 9.78 Å². The molecule has 0 bridgehead atoms. The Morgan fingerprint density at radius 1 is 1.22 bits per heavy atom. The van der Waals surface area contributed by atoms with Crippen molar-refractivity contribution in [2.45, 2.75) is 13.3 Å². The topological polar surface area (TPSA) is 101 Å². The molecule has 1 fully saturated rings. The quantitative estimate of drug-likeness (QED) is 0.699. The van der Waals surface area contributed by atoms with Crippen LogP contribution in [0.1, 0.15) is 12.1 Å². The maximum Gasteiger partial charge on any atom is 0.329 e. The molecule has 1 aliphatic heterocycles. The summed E-state index contributed by atoms with van der Waals surface area (Å²) in [5.74, 6) is 2.06. The SMILES string of the molecule is Cc1cccc(NCC2CCN(c3nc4c(c(=O)[nH]c(=O)n4C)n3C)C2)n1. The molecule has 3 aromatic heterocycles. The number of hydrogen-bond donors (Lipinski definition) is 2. The molecule has 2 N–H and O–H groups in total. The lowest BCUT2D eigenvalue weighted by molar-refractivity contribution is 0.619. The Kier molecular flexibility index (Phi) is 4.21. The molecule has 3 aromatic rings. The molecule has 27 heavy (non-hydrogen) atoms. The van der Waals surface area contributed by atoms with Gasteiger partial charge in [0.15, 0.2) is 11.2 Å². The Morgan fingerprint density at radius 2 is 2.04 bits per heavy atom. The molecular formula is C18H23N7O2. The van der Waals surface area contributed by atoms with Crippen LogP contribution < -0.4 is 21.5 Å². The molecule has 142 valence electrons. The summed E-state index contributed by atoms with van der Waals surface area (Å²) in [4.78, 5) is 37.6. The van der Waals surface area contributed by atoms with Crippen LogP contribution in [0, 0.1) is 12.8 Å². The fourth-order valence-electron chi connectivity index (χ4n) is 3.65. The lowest BCUT2D eigenvalue weighted by atomic mass is 10.1. The highest BCUT2D eigenvalue weighted by atomic mass is 16.2. The van der Waals surface area contributed by atoms with Crippen LogP contribution in [0.5, 0.6) is 0 Å². The van der Waals surface area contributed by atoms with Crippen molar-refractivity contribution in [1.29, 1.82) is 0 Å². The van der Waals surface area contributed by atoms with E-state index in [1.807, 2.05) is 32.2 Å². The van der Waals surface area contributed by atoms with Crippen molar-refractivity contribution in [2.75, 3.05) is 29.9 Å². The molecule has 1 aliphatic rings. The van der Waals surface area contributed by atoms with Crippen molar-refractivity contribution in [1.82, 2.24) is 24.1 Å². The van der Waals surface area contributed by atoms with Crippen molar-refractivity contribution in [3.8, 4) is 0 Å². The predicted octanol–water partition coefficient (Wildman–Crippen LogP) is 0.602. The highest BCUT2D eigenvalue weighted by Crippen LogP contribution is 2.25. The summed E-state index contributed by atoms with van der Waals surface area (Å²) in [5.41, 5.74) is 0.955. The van der Waals surface area contributed by atoms with E-state index in [-0.39, 0.29) is 0 Å². The van der Waals surface area contributed by atoms with E-state index in [9.17, 15) is 9.59 Å². The van der Waals surface area contributed by atoms with Gasteiger partial charge in [0.05, 0.1) is 0 Å². The number of aryl methyl sites for hydroxylation is 3. The van der Waals surface area contributed by atoms with Gasteiger partial charge in [-0.1, -0.05) is 6.07 Å². The first kappa shape index (κ1) is 17.3. The van der Waals surface area contributed by atoms with Crippen molar-refractivity contribution in [3.05, 3.63) is 44.7 Å². The standard InChI is InChI=1S/C18H23N7O2/c1-11-5-4-6-13(20-11)19-9-12-7-8-25(10-12)17-21-15-14(23(17)2)16(26)22-18(27)24(15)3/h4-6,12H,7-10H2,1-3H3,(H,19,20)(H,22,26,27). The molecule has 1 saturated heterocycles. The van der Waals surface area contributed by atoms with Crippen LogP contribution in [0.2, 0.25) is 0 Å². The van der Waals surface area contributed by atoms with Gasteiger partial charge < -0.3 is 14.8 Å². The summed E-state index contributed by atoms with van der Waals surface area (Å²) in [6.45, 7) is 4.50. The normalized spacial score (nSPS) is 17.0. The monoisotopic (exact) mass is 369 g/mol. The average molecular weight is 369 g/mol. The first-order valence-corrected chi connectivity index (χ1v) is 9.02. The zero-order chi connectivity index (χ0) is 19.1. The van der Waals surface area contributed by atoms with E-state index >= 15 is 0 Å². The van der Waals surface area contributed by atoms with Crippen LogP contribution in [0.15, 0.2) is 27.8 Å². The lowest BCUT2D eigenvalue weighted by Gasteiger charge is -2.17. The third-order valence-corrected chi connectivity index (χ3v) is 5.14. The number of pyridine rings is 1. The number of aromatic nitrogens is 5. The van der Waals surface area contributed by atoms with Gasteiger partial charge in [0.2, 0.25) is 5.95 Å². The van der Waals surface area contributed by atoms with E-state index in [2.05, 4.69) is 25.2 Å². The Labute approximate surface area is 155 Å². The number of aromatic amines is 1. The Morgan fingerprint density at radius 3 is 2.81 bits per heavy atom. The van der Waals surface area contributed by atoms with Crippen LogP contribution in [0.25, 0.3) is 11.2 Å². The van der Waals surface area contributed by atoms with E-state index in [1.165, 1.54) is 4.57 Å². The largest absolute Gasteiger partial charge is 0.370 e. The number of hydrogen-bond acceptors (Lipinski definition) is 6. The Hall–Kier alpha value is -3.10. The number of nitrogens with one attached hydrogen (secondary N) is 2. The molecule has 0 spiro atoms. The number of fused-ring (bicyclic) bond motifs is 1. The van der Waals surface area contributed by atoms with Crippen LogP contribution in [-0.4, -0.2) is 43.7 Å². The average Bonchev–Trinajstić information content (AvgIpc) is 3.23. The summed E-state index contributed by atoms with van der Waals surface area (Å²) in [7, 11) is 3.43. The van der Waals surface area contributed by atoms with Crippen molar-refractivity contribution in [2.24, 2.45) is 20.0 Å². The van der Waals surface area contributed by atoms with Crippen molar-refractivity contribution < 1.29 is 0 Å². The maximum absolute atomic E-state index is 12.2. The summed E-state index contributed by atoms with van der Waals surface area (Å²) >= 11 is 0. The smallest absolute Gasteiger partial charge is 0.329 e. The van der Waals surface area contributed by atoms with Gasteiger partial charge >= 0.3 is 5.69 Å². The van der Waals surface area contributed by atoms with E-state index < -0.39 is 11.2 Å². The molecule has 0 radical (unpaired) electrons. The molecule has 4 rings (SSSR count). The van der Waals surface area contributed by atoms with Gasteiger partial charge in [-0.15, -0.1) is 0 Å². The minimum atomic E-state index is -0.452. The Balaban J connectivity index is 1.53. The fraction of sp³-hybridized carbons (Fsp3) is 0.444. The predicted molar refractivity (Wildman–Crippen MR) is 104 cm³/mol. The summed E-state index contributed by atoms with van der Waals surface area (Å²) in [6, 6.07) is 5.94. The van der Waals surface area contributed by atoms with Gasteiger partial charge in [-0.3, -0.25) is 14.3 Å². The minimum absolute atomic E-state index is 0.405. The second-order valence-corrected chi connectivity index (χ2v) is 7.11. The van der Waals surface area contributed by atoms with Crippen LogP contribution in [0.4, 0.5) is 11.8 Å². The van der Waals surface area contributed by atoms with Gasteiger partial charge in [-0.2, -0.15) is 4.98 Å². The second kappa shape index (κ2) is 6.57. The van der Waals surface area contributed by atoms with E-state index in [1.54, 1.807) is 11.6 Å². The van der Waals surface area contributed by atoms with Crippen LogP contribution >= 0.6 is 0 Å². The highest BCUT2D eigenvalue weighted by molar-refractivity contribution is 5.74. The van der Waals surface area contributed by atoms with Gasteiger partial charge in [0, 0.05) is 39.4 Å². The first-order valence-electron chi connectivity index (χ1n) is 9.02. The van der Waals surface area contributed by atoms with Crippen LogP contribution in [0.3, 0.4) is 0 Å². The minimum Gasteiger partial charge on any atom is -0.370 e. The molecule has 0 aliphatic carbocycles.